The molecule has 110 valence electrons. The lowest BCUT2D eigenvalue weighted by Gasteiger charge is -2.31. The van der Waals surface area contributed by atoms with Crippen molar-refractivity contribution < 1.29 is 9.59 Å². The van der Waals surface area contributed by atoms with Gasteiger partial charge >= 0.3 is 0 Å². The van der Waals surface area contributed by atoms with Gasteiger partial charge in [-0.25, -0.2) is 0 Å². The third kappa shape index (κ3) is 3.42. The molecule has 0 saturated carbocycles. The van der Waals surface area contributed by atoms with Gasteiger partial charge in [0.2, 0.25) is 5.91 Å². The molecule has 0 aliphatic carbocycles. The van der Waals surface area contributed by atoms with Crippen LogP contribution in [0.2, 0.25) is 0 Å². The second kappa shape index (κ2) is 6.43. The Bertz CT molecular complexity index is 505. The van der Waals surface area contributed by atoms with Crippen LogP contribution in [0.3, 0.4) is 0 Å². The molecule has 20 heavy (non-hydrogen) atoms. The van der Waals surface area contributed by atoms with Crippen molar-refractivity contribution in [2.45, 2.75) is 39.3 Å². The third-order valence-electron chi connectivity index (χ3n) is 3.71. The second-order valence-corrected chi connectivity index (χ2v) is 6.00. The number of rotatable bonds is 3. The molecule has 0 bridgehead atoms. The highest BCUT2D eigenvalue weighted by Gasteiger charge is 2.23. The zero-order chi connectivity index (χ0) is 14.7. The molecule has 0 atom stereocenters. The van der Waals surface area contributed by atoms with Crippen molar-refractivity contribution in [3.63, 3.8) is 0 Å². The van der Waals surface area contributed by atoms with E-state index in [1.54, 1.807) is 6.92 Å². The van der Waals surface area contributed by atoms with E-state index in [4.69, 9.17) is 0 Å². The van der Waals surface area contributed by atoms with E-state index in [0.29, 0.717) is 5.69 Å². The van der Waals surface area contributed by atoms with Crippen LogP contribution in [-0.2, 0) is 11.3 Å². The molecule has 2 amide bonds. The molecule has 1 aliphatic heterocycles. The van der Waals surface area contributed by atoms with Crippen molar-refractivity contribution in [1.82, 2.24) is 14.8 Å². The van der Waals surface area contributed by atoms with Gasteiger partial charge in [-0.3, -0.25) is 9.59 Å². The lowest BCUT2D eigenvalue weighted by Crippen LogP contribution is -2.46. The van der Waals surface area contributed by atoms with Crippen LogP contribution in [0.4, 0.5) is 0 Å². The number of halogens is 1. The average Bonchev–Trinajstić information content (AvgIpc) is 2.80. The number of nitrogens with one attached hydrogen (secondary N) is 1. The van der Waals surface area contributed by atoms with Crippen LogP contribution in [0.25, 0.3) is 0 Å². The topological polar surface area (TPSA) is 54.3 Å². The molecule has 5 nitrogen and oxygen atoms in total. The number of piperidine rings is 1. The van der Waals surface area contributed by atoms with E-state index in [-0.39, 0.29) is 17.9 Å². The maximum atomic E-state index is 12.3. The van der Waals surface area contributed by atoms with Gasteiger partial charge in [0.15, 0.2) is 0 Å². The smallest absolute Gasteiger partial charge is 0.268 e. The SMILES string of the molecule is CCn1cc(Br)cc1C(=O)NC1CCN(C(C)=O)CC1. The van der Waals surface area contributed by atoms with E-state index in [0.717, 1.165) is 36.9 Å². The van der Waals surface area contributed by atoms with Gasteiger partial charge in [-0.1, -0.05) is 0 Å². The Labute approximate surface area is 127 Å². The summed E-state index contributed by atoms with van der Waals surface area (Å²) >= 11 is 3.40. The number of likely N-dealkylation sites (tertiary alicyclic amines) is 1. The van der Waals surface area contributed by atoms with Crippen LogP contribution in [0.1, 0.15) is 37.2 Å². The molecule has 1 N–H and O–H groups in total. The predicted molar refractivity (Wildman–Crippen MR) is 80.5 cm³/mol. The quantitative estimate of drug-likeness (QED) is 0.914. The summed E-state index contributed by atoms with van der Waals surface area (Å²) in [5, 5.41) is 3.06. The summed E-state index contributed by atoms with van der Waals surface area (Å²) in [7, 11) is 0. The summed E-state index contributed by atoms with van der Waals surface area (Å²) in [6.07, 6.45) is 3.55. The van der Waals surface area contributed by atoms with Gasteiger partial charge in [-0.2, -0.15) is 0 Å². The van der Waals surface area contributed by atoms with Crippen molar-refractivity contribution in [3.05, 3.63) is 22.4 Å². The van der Waals surface area contributed by atoms with Crippen molar-refractivity contribution >= 4 is 27.7 Å². The first-order valence-electron chi connectivity index (χ1n) is 6.93. The van der Waals surface area contributed by atoms with Crippen molar-refractivity contribution in [3.8, 4) is 0 Å². The summed E-state index contributed by atoms with van der Waals surface area (Å²) in [5.41, 5.74) is 0.674. The Kier molecular flexibility index (Phi) is 4.86. The molecule has 1 aromatic rings. The lowest BCUT2D eigenvalue weighted by atomic mass is 10.0. The molecule has 0 unspecified atom stereocenters. The third-order valence-corrected chi connectivity index (χ3v) is 4.15. The number of hydrogen-bond donors (Lipinski definition) is 1. The fourth-order valence-electron chi connectivity index (χ4n) is 2.52. The van der Waals surface area contributed by atoms with Crippen LogP contribution >= 0.6 is 15.9 Å². The Morgan fingerprint density at radius 1 is 1.40 bits per heavy atom. The zero-order valence-electron chi connectivity index (χ0n) is 11.9. The first kappa shape index (κ1) is 15.1. The fourth-order valence-corrected chi connectivity index (χ4v) is 2.99. The zero-order valence-corrected chi connectivity index (χ0v) is 13.4. The maximum Gasteiger partial charge on any atom is 0.268 e. The molecule has 1 aliphatic rings. The maximum absolute atomic E-state index is 12.3. The van der Waals surface area contributed by atoms with Gasteiger partial charge in [0, 0.05) is 43.3 Å². The molecular weight excluding hydrogens is 322 g/mol. The molecule has 6 heteroatoms. The van der Waals surface area contributed by atoms with Crippen molar-refractivity contribution in [2.75, 3.05) is 13.1 Å². The number of amides is 2. The summed E-state index contributed by atoms with van der Waals surface area (Å²) in [5.74, 6) is 0.0670. The first-order chi connectivity index (χ1) is 9.51. The van der Waals surface area contributed by atoms with Gasteiger partial charge in [-0.05, 0) is 41.8 Å². The van der Waals surface area contributed by atoms with Crippen LogP contribution in [0.5, 0.6) is 0 Å². The summed E-state index contributed by atoms with van der Waals surface area (Å²) in [4.78, 5) is 25.4. The number of hydrogen-bond acceptors (Lipinski definition) is 2. The van der Waals surface area contributed by atoms with E-state index in [1.807, 2.05) is 28.7 Å². The number of carbonyl (C=O) groups is 2. The summed E-state index contributed by atoms with van der Waals surface area (Å²) in [6.45, 7) is 5.80. The van der Waals surface area contributed by atoms with E-state index in [9.17, 15) is 9.59 Å². The second-order valence-electron chi connectivity index (χ2n) is 5.08. The van der Waals surface area contributed by atoms with Gasteiger partial charge < -0.3 is 14.8 Å². The first-order valence-corrected chi connectivity index (χ1v) is 7.72. The summed E-state index contributed by atoms with van der Waals surface area (Å²) in [6, 6.07) is 1.99. The normalized spacial score (nSPS) is 16.2. The van der Waals surface area contributed by atoms with Gasteiger partial charge in [0.1, 0.15) is 5.69 Å². The van der Waals surface area contributed by atoms with Crippen LogP contribution in [0.15, 0.2) is 16.7 Å². The number of aromatic nitrogens is 1. The summed E-state index contributed by atoms with van der Waals surface area (Å²) < 4.78 is 2.83. The molecule has 0 radical (unpaired) electrons. The van der Waals surface area contributed by atoms with E-state index in [2.05, 4.69) is 21.2 Å². The lowest BCUT2D eigenvalue weighted by molar-refractivity contribution is -0.129. The van der Waals surface area contributed by atoms with E-state index >= 15 is 0 Å². The van der Waals surface area contributed by atoms with Crippen LogP contribution in [-0.4, -0.2) is 40.4 Å². The average molecular weight is 342 g/mol. The standard InChI is InChI=1S/C14H20BrN3O2/c1-3-17-9-11(15)8-13(17)14(20)16-12-4-6-18(7-5-12)10(2)19/h8-9,12H,3-7H2,1-2H3,(H,16,20). The van der Waals surface area contributed by atoms with Gasteiger partial charge in [0.25, 0.3) is 5.91 Å². The minimum atomic E-state index is -0.0428. The molecular formula is C14H20BrN3O2. The number of carbonyl (C=O) groups excluding carboxylic acids is 2. The highest BCUT2D eigenvalue weighted by molar-refractivity contribution is 9.10. The monoisotopic (exact) mass is 341 g/mol. The number of aryl methyl sites for hydroxylation is 1. The van der Waals surface area contributed by atoms with Gasteiger partial charge in [-0.15, -0.1) is 0 Å². The highest BCUT2D eigenvalue weighted by atomic mass is 79.9. The van der Waals surface area contributed by atoms with Crippen LogP contribution in [0, 0.1) is 0 Å². The molecule has 0 aromatic carbocycles. The predicted octanol–water partition coefficient (Wildman–Crippen LogP) is 2.01. The molecule has 1 aromatic heterocycles. The van der Waals surface area contributed by atoms with E-state index < -0.39 is 0 Å². The Morgan fingerprint density at radius 2 is 2.05 bits per heavy atom. The molecule has 1 saturated heterocycles. The Hall–Kier alpha value is -1.30. The molecule has 2 rings (SSSR count). The molecule has 0 spiro atoms. The minimum absolute atomic E-state index is 0.0428. The minimum Gasteiger partial charge on any atom is -0.348 e. The van der Waals surface area contributed by atoms with Crippen molar-refractivity contribution in [2.24, 2.45) is 0 Å². The molecule has 1 fully saturated rings. The Morgan fingerprint density at radius 3 is 2.60 bits per heavy atom. The van der Waals surface area contributed by atoms with E-state index in [1.165, 1.54) is 0 Å². The highest BCUT2D eigenvalue weighted by Crippen LogP contribution is 2.16. The van der Waals surface area contributed by atoms with Crippen LogP contribution < -0.4 is 5.32 Å². The van der Waals surface area contributed by atoms with Crippen molar-refractivity contribution in [1.29, 1.82) is 0 Å². The largest absolute Gasteiger partial charge is 0.348 e. The van der Waals surface area contributed by atoms with Gasteiger partial charge in [0.05, 0.1) is 0 Å². The fraction of sp³-hybridized carbons (Fsp3) is 0.571. The molecule has 2 heterocycles. The number of nitrogens with zero attached hydrogens (tertiary/aromatic N) is 2. The Balaban J connectivity index is 1.94.